The van der Waals surface area contributed by atoms with Gasteiger partial charge in [-0.15, -0.1) is 54.1 Å². The van der Waals surface area contributed by atoms with Gasteiger partial charge in [0.2, 0.25) is 0 Å². The Bertz CT molecular complexity index is 2030. The number of para-hydroxylation sites is 1. The number of furan rings is 1. The Hall–Kier alpha value is -4.15. The zero-order valence-corrected chi connectivity index (χ0v) is 29.7. The van der Waals surface area contributed by atoms with E-state index in [0.29, 0.717) is 0 Å². The topological polar surface area (TPSA) is 38.9 Å². The van der Waals surface area contributed by atoms with Crippen molar-refractivity contribution >= 4 is 35.2 Å². The number of fused-ring (bicyclic) bond motifs is 3. The number of rotatable bonds is 5. The summed E-state index contributed by atoms with van der Waals surface area (Å²) in [7, 11) is -1.23. The molecule has 0 fully saturated rings. The van der Waals surface area contributed by atoms with Gasteiger partial charge in [-0.05, 0) is 59.6 Å². The summed E-state index contributed by atoms with van der Waals surface area (Å²) in [4.78, 5) is 9.21. The molecule has 0 saturated heterocycles. The van der Waals surface area contributed by atoms with Gasteiger partial charge in [-0.25, -0.2) is 0 Å². The molecule has 7 rings (SSSR count). The zero-order chi connectivity index (χ0) is 30.7. The van der Waals surface area contributed by atoms with Gasteiger partial charge in [0.1, 0.15) is 5.58 Å². The second-order valence-electron chi connectivity index (χ2n) is 12.3. The van der Waals surface area contributed by atoms with E-state index >= 15 is 0 Å². The normalized spacial score (nSPS) is 11.1. The van der Waals surface area contributed by atoms with E-state index in [1.807, 2.05) is 60.9 Å². The van der Waals surface area contributed by atoms with E-state index in [1.54, 1.807) is 0 Å². The zero-order valence-electron chi connectivity index (χ0n) is 26.3. The van der Waals surface area contributed by atoms with Gasteiger partial charge in [0.25, 0.3) is 0 Å². The summed E-state index contributed by atoms with van der Waals surface area (Å²) in [5.74, 6) is 0. The van der Waals surface area contributed by atoms with E-state index in [1.165, 1.54) is 27.4 Å². The third kappa shape index (κ3) is 7.40. The summed E-state index contributed by atoms with van der Waals surface area (Å²) in [6.07, 6.45) is 4.86. The van der Waals surface area contributed by atoms with Crippen LogP contribution < -0.4 is 5.19 Å². The molecule has 0 bridgehead atoms. The van der Waals surface area contributed by atoms with Crippen molar-refractivity contribution in [2.75, 3.05) is 0 Å². The Labute approximate surface area is 280 Å². The summed E-state index contributed by atoms with van der Waals surface area (Å²) < 4.78 is 6.17. The van der Waals surface area contributed by atoms with Crippen LogP contribution in [0.4, 0.5) is 0 Å². The molecule has 0 atom stereocenters. The molecule has 3 heterocycles. The van der Waals surface area contributed by atoms with Gasteiger partial charge in [-0.1, -0.05) is 96.8 Å². The first-order chi connectivity index (χ1) is 21.3. The van der Waals surface area contributed by atoms with Crippen molar-refractivity contribution < 1.29 is 24.5 Å². The number of pyridine rings is 2. The van der Waals surface area contributed by atoms with Gasteiger partial charge in [0.15, 0.2) is 0 Å². The van der Waals surface area contributed by atoms with Crippen LogP contribution in [0.3, 0.4) is 0 Å². The summed E-state index contributed by atoms with van der Waals surface area (Å²) >= 11 is 0. The summed E-state index contributed by atoms with van der Waals surface area (Å²) in [5.41, 5.74) is 10.7. The summed E-state index contributed by atoms with van der Waals surface area (Å²) in [6.45, 7) is 11.2. The van der Waals surface area contributed by atoms with Crippen LogP contribution in [0.5, 0.6) is 0 Å². The number of benzene rings is 4. The van der Waals surface area contributed by atoms with Crippen molar-refractivity contribution in [3.8, 4) is 22.5 Å². The van der Waals surface area contributed by atoms with Crippen molar-refractivity contribution in [2.45, 2.75) is 39.9 Å². The van der Waals surface area contributed by atoms with Crippen LogP contribution in [0.25, 0.3) is 44.5 Å². The van der Waals surface area contributed by atoms with Crippen LogP contribution in [-0.2, 0) is 26.5 Å². The number of hydrogen-bond donors (Lipinski definition) is 0. The fourth-order valence-corrected chi connectivity index (χ4v) is 6.28. The molecule has 0 N–H and O–H groups in total. The third-order valence-corrected chi connectivity index (χ3v) is 9.97. The van der Waals surface area contributed by atoms with Crippen LogP contribution in [0.15, 0.2) is 120 Å². The fraction of sp³-hybridized carbons (Fsp3) is 0.150. The molecule has 0 unspecified atom stereocenters. The number of aryl methyl sites for hydroxylation is 2. The van der Waals surface area contributed by atoms with E-state index in [9.17, 15) is 0 Å². The molecular formula is C40H36IrN2OSi-2. The number of hydrogen-bond acceptors (Lipinski definition) is 3. The van der Waals surface area contributed by atoms with Crippen molar-refractivity contribution in [1.82, 2.24) is 9.97 Å². The van der Waals surface area contributed by atoms with Gasteiger partial charge >= 0.3 is 0 Å². The molecule has 0 aliphatic rings. The van der Waals surface area contributed by atoms with E-state index in [4.69, 9.17) is 9.40 Å². The molecule has 4 aromatic carbocycles. The van der Waals surface area contributed by atoms with Gasteiger partial charge < -0.3 is 14.4 Å². The van der Waals surface area contributed by atoms with Gasteiger partial charge in [0, 0.05) is 37.9 Å². The second-order valence-corrected chi connectivity index (χ2v) is 17.4. The van der Waals surface area contributed by atoms with E-state index in [0.717, 1.165) is 50.9 Å². The first-order valence-corrected chi connectivity index (χ1v) is 18.5. The Morgan fingerprint density at radius 1 is 0.711 bits per heavy atom. The van der Waals surface area contributed by atoms with Gasteiger partial charge in [0.05, 0.1) is 13.7 Å². The van der Waals surface area contributed by atoms with E-state index in [-0.39, 0.29) is 20.1 Å². The first-order valence-electron chi connectivity index (χ1n) is 15.0. The standard InChI is InChI=1S/C26H20NO.C14H16NSi.Ir/c1-17-10-12-19(13-11-17)14-20-15-24(27-16-18(20)2)23-8-5-7-22-21-6-3-4-9-25(21)28-26(22)23;1-16(2,3)13-9-10-14(15-11-13)12-7-5-4-6-8-12;/h3-7,9-13,15-16H,14H2,1-2H3;4-7,9-11H,1-3H3;/q2*-1;. The van der Waals surface area contributed by atoms with Crippen molar-refractivity contribution in [3.63, 3.8) is 0 Å². The Morgan fingerprint density at radius 2 is 1.47 bits per heavy atom. The number of aromatic nitrogens is 2. The molecule has 1 radical (unpaired) electrons. The Morgan fingerprint density at radius 3 is 2.18 bits per heavy atom. The first kappa shape index (κ1) is 32.2. The average molecular weight is 781 g/mol. The van der Waals surface area contributed by atoms with E-state index < -0.39 is 8.07 Å². The molecule has 0 amide bonds. The van der Waals surface area contributed by atoms with Gasteiger partial charge in [-0.2, -0.15) is 0 Å². The molecule has 7 aromatic rings. The SMILES string of the molecule is C[Si](C)(C)c1ccc(-c2[c-]cccc2)nc1.Cc1ccc(Cc2cc(-c3[c-]ccc4c3oc3ccccc34)ncc2C)cc1.[Ir]. The van der Waals surface area contributed by atoms with Crippen molar-refractivity contribution in [1.29, 1.82) is 0 Å². The van der Waals surface area contributed by atoms with Crippen LogP contribution in [0.2, 0.25) is 19.6 Å². The largest absolute Gasteiger partial charge is 0.501 e. The molecule has 5 heteroatoms. The monoisotopic (exact) mass is 781 g/mol. The van der Waals surface area contributed by atoms with E-state index in [2.05, 4.69) is 105 Å². The molecule has 227 valence electrons. The minimum absolute atomic E-state index is 0. The molecule has 3 nitrogen and oxygen atoms in total. The Kier molecular flexibility index (Phi) is 9.94. The molecule has 0 saturated carbocycles. The summed E-state index contributed by atoms with van der Waals surface area (Å²) in [6, 6.07) is 41.8. The molecule has 0 aliphatic heterocycles. The molecule has 3 aromatic heterocycles. The molecule has 0 aliphatic carbocycles. The van der Waals surface area contributed by atoms with Crippen LogP contribution in [-0.4, -0.2) is 18.0 Å². The maximum Gasteiger partial charge on any atom is 0.120 e. The smallest absolute Gasteiger partial charge is 0.120 e. The predicted molar refractivity (Wildman–Crippen MR) is 186 cm³/mol. The maximum absolute atomic E-state index is 6.17. The van der Waals surface area contributed by atoms with Gasteiger partial charge in [-0.3, -0.25) is 0 Å². The van der Waals surface area contributed by atoms with Crippen LogP contribution >= 0.6 is 0 Å². The maximum atomic E-state index is 6.17. The Balaban J connectivity index is 0.000000202. The quantitative estimate of drug-likeness (QED) is 0.129. The van der Waals surface area contributed by atoms with Crippen LogP contribution in [0, 0.1) is 26.0 Å². The molecule has 0 spiro atoms. The minimum Gasteiger partial charge on any atom is -0.501 e. The van der Waals surface area contributed by atoms with Crippen molar-refractivity contribution in [2.24, 2.45) is 0 Å². The molecule has 45 heavy (non-hydrogen) atoms. The fourth-order valence-electron chi connectivity index (χ4n) is 5.25. The second kappa shape index (κ2) is 13.9. The number of nitrogens with zero attached hydrogens (tertiary/aromatic N) is 2. The summed E-state index contributed by atoms with van der Waals surface area (Å²) in [5, 5.41) is 3.62. The minimum atomic E-state index is -1.23. The third-order valence-electron chi connectivity index (χ3n) is 7.94. The van der Waals surface area contributed by atoms with Crippen molar-refractivity contribution in [3.05, 3.63) is 150 Å². The predicted octanol–water partition coefficient (Wildman–Crippen LogP) is 9.75. The average Bonchev–Trinajstić information content (AvgIpc) is 3.43. The van der Waals surface area contributed by atoms with Crippen LogP contribution in [0.1, 0.15) is 22.3 Å². The molecular weight excluding hydrogens is 745 g/mol.